The minimum absolute atomic E-state index is 0.0310. The predicted octanol–water partition coefficient (Wildman–Crippen LogP) is 2.76. The van der Waals surface area contributed by atoms with Crippen LogP contribution in [0.5, 0.6) is 0 Å². The molecule has 1 fully saturated rings. The van der Waals surface area contributed by atoms with Gasteiger partial charge in [0.25, 0.3) is 0 Å². The number of hydrogen-bond acceptors (Lipinski definition) is 4. The smallest absolute Gasteiger partial charge is 0.217 e. The molecule has 0 saturated carbocycles. The van der Waals surface area contributed by atoms with Gasteiger partial charge < -0.3 is 5.32 Å². The summed E-state index contributed by atoms with van der Waals surface area (Å²) in [6.45, 7) is 6.04. The standard InChI is InChI=1S/C19H24N4O/c1-14-5-6-16(11-21-14)13-23-9-3-4-19(23)17-7-8-20-18(10-17)12-22-15(2)24/h5-8,10-11,19H,3-4,9,12-13H2,1-2H3,(H,22,24)/t19-/m1/s1. The fraction of sp³-hybridized carbons (Fsp3) is 0.421. The van der Waals surface area contributed by atoms with E-state index in [1.165, 1.54) is 24.5 Å². The van der Waals surface area contributed by atoms with Gasteiger partial charge in [0.2, 0.25) is 5.91 Å². The highest BCUT2D eigenvalue weighted by Crippen LogP contribution is 2.33. The first-order chi connectivity index (χ1) is 11.6. The molecule has 1 N–H and O–H groups in total. The van der Waals surface area contributed by atoms with E-state index in [1.54, 1.807) is 0 Å². The van der Waals surface area contributed by atoms with Crippen LogP contribution in [0.2, 0.25) is 0 Å². The van der Waals surface area contributed by atoms with Crippen molar-refractivity contribution in [1.82, 2.24) is 20.2 Å². The normalized spacial score (nSPS) is 17.8. The second-order valence-corrected chi connectivity index (χ2v) is 6.43. The number of aryl methyl sites for hydroxylation is 1. The SMILES string of the molecule is CC(=O)NCc1cc([C@H]2CCCN2Cc2ccc(C)nc2)ccn1. The second-order valence-electron chi connectivity index (χ2n) is 6.43. The summed E-state index contributed by atoms with van der Waals surface area (Å²) in [7, 11) is 0. The van der Waals surface area contributed by atoms with Crippen molar-refractivity contribution in [2.45, 2.75) is 45.8 Å². The van der Waals surface area contributed by atoms with Gasteiger partial charge in [0.1, 0.15) is 0 Å². The maximum atomic E-state index is 11.1. The van der Waals surface area contributed by atoms with Crippen molar-refractivity contribution >= 4 is 5.91 Å². The van der Waals surface area contributed by atoms with Gasteiger partial charge >= 0.3 is 0 Å². The molecule has 3 heterocycles. The number of aromatic nitrogens is 2. The van der Waals surface area contributed by atoms with Crippen molar-refractivity contribution in [2.75, 3.05) is 6.54 Å². The molecule has 5 heteroatoms. The van der Waals surface area contributed by atoms with E-state index < -0.39 is 0 Å². The maximum Gasteiger partial charge on any atom is 0.217 e. The molecule has 126 valence electrons. The number of carbonyl (C=O) groups excluding carboxylic acids is 1. The Kier molecular flexibility index (Phi) is 5.20. The third-order valence-corrected chi connectivity index (χ3v) is 4.47. The molecule has 5 nitrogen and oxygen atoms in total. The number of nitrogens with zero attached hydrogens (tertiary/aromatic N) is 3. The van der Waals surface area contributed by atoms with Gasteiger partial charge in [-0.15, -0.1) is 0 Å². The van der Waals surface area contributed by atoms with E-state index in [4.69, 9.17) is 0 Å². The Balaban J connectivity index is 1.71. The van der Waals surface area contributed by atoms with Crippen LogP contribution in [0.1, 0.15) is 48.3 Å². The third kappa shape index (κ3) is 4.17. The third-order valence-electron chi connectivity index (χ3n) is 4.47. The van der Waals surface area contributed by atoms with E-state index in [9.17, 15) is 4.79 Å². The summed E-state index contributed by atoms with van der Waals surface area (Å²) in [5, 5.41) is 2.81. The lowest BCUT2D eigenvalue weighted by molar-refractivity contribution is -0.119. The quantitative estimate of drug-likeness (QED) is 0.919. The van der Waals surface area contributed by atoms with Gasteiger partial charge in [-0.1, -0.05) is 6.07 Å². The number of rotatable bonds is 5. The molecule has 2 aromatic rings. The largest absolute Gasteiger partial charge is 0.351 e. The Morgan fingerprint density at radius 2 is 2.21 bits per heavy atom. The van der Waals surface area contributed by atoms with E-state index in [0.29, 0.717) is 12.6 Å². The van der Waals surface area contributed by atoms with Crippen LogP contribution in [-0.2, 0) is 17.9 Å². The van der Waals surface area contributed by atoms with Crippen LogP contribution in [0.3, 0.4) is 0 Å². The molecule has 1 atom stereocenters. The zero-order chi connectivity index (χ0) is 16.9. The summed E-state index contributed by atoms with van der Waals surface area (Å²) in [6.07, 6.45) is 6.17. The molecule has 24 heavy (non-hydrogen) atoms. The minimum atomic E-state index is -0.0310. The minimum Gasteiger partial charge on any atom is -0.351 e. The number of likely N-dealkylation sites (tertiary alicyclic amines) is 1. The van der Waals surface area contributed by atoms with Crippen molar-refractivity contribution in [3.8, 4) is 0 Å². The van der Waals surface area contributed by atoms with Crippen LogP contribution in [0, 0.1) is 6.92 Å². The fourth-order valence-electron chi connectivity index (χ4n) is 3.24. The van der Waals surface area contributed by atoms with Crippen LogP contribution < -0.4 is 5.32 Å². The number of hydrogen-bond donors (Lipinski definition) is 1. The van der Waals surface area contributed by atoms with E-state index in [1.807, 2.05) is 19.3 Å². The molecule has 0 aliphatic carbocycles. The van der Waals surface area contributed by atoms with Crippen molar-refractivity contribution < 1.29 is 4.79 Å². The average Bonchev–Trinajstić information content (AvgIpc) is 3.03. The Bertz CT molecular complexity index is 699. The number of nitrogens with one attached hydrogen (secondary N) is 1. The molecule has 2 aromatic heterocycles. The first-order valence-corrected chi connectivity index (χ1v) is 8.46. The lowest BCUT2D eigenvalue weighted by atomic mass is 10.0. The zero-order valence-electron chi connectivity index (χ0n) is 14.3. The van der Waals surface area contributed by atoms with Gasteiger partial charge in [-0.05, 0) is 55.6 Å². The Labute approximate surface area is 143 Å². The molecule has 1 aliphatic heterocycles. The summed E-state index contributed by atoms with van der Waals surface area (Å²) in [5.74, 6) is -0.0310. The monoisotopic (exact) mass is 324 g/mol. The van der Waals surface area contributed by atoms with Crippen molar-refractivity contribution in [2.24, 2.45) is 0 Å². The zero-order valence-corrected chi connectivity index (χ0v) is 14.3. The molecular weight excluding hydrogens is 300 g/mol. The van der Waals surface area contributed by atoms with Gasteiger partial charge in [0, 0.05) is 37.6 Å². The lowest BCUT2D eigenvalue weighted by Gasteiger charge is -2.25. The topological polar surface area (TPSA) is 58.1 Å². The predicted molar refractivity (Wildman–Crippen MR) is 93.1 cm³/mol. The molecule has 1 saturated heterocycles. The van der Waals surface area contributed by atoms with Gasteiger partial charge in [0.15, 0.2) is 0 Å². The second kappa shape index (κ2) is 7.53. The van der Waals surface area contributed by atoms with Crippen molar-refractivity contribution in [3.63, 3.8) is 0 Å². The van der Waals surface area contributed by atoms with Crippen molar-refractivity contribution in [3.05, 3.63) is 59.2 Å². The highest BCUT2D eigenvalue weighted by Gasteiger charge is 2.26. The van der Waals surface area contributed by atoms with Gasteiger partial charge in [0.05, 0.1) is 12.2 Å². The van der Waals surface area contributed by atoms with E-state index in [0.717, 1.165) is 30.9 Å². The van der Waals surface area contributed by atoms with E-state index in [2.05, 4.69) is 44.5 Å². The van der Waals surface area contributed by atoms with Crippen molar-refractivity contribution in [1.29, 1.82) is 0 Å². The van der Waals surface area contributed by atoms with Crippen LogP contribution in [-0.4, -0.2) is 27.3 Å². The van der Waals surface area contributed by atoms with Gasteiger partial charge in [-0.3, -0.25) is 19.7 Å². The average molecular weight is 324 g/mol. The number of carbonyl (C=O) groups is 1. The van der Waals surface area contributed by atoms with Crippen LogP contribution in [0.4, 0.5) is 0 Å². The van der Waals surface area contributed by atoms with Crippen LogP contribution >= 0.6 is 0 Å². The first kappa shape index (κ1) is 16.6. The Hall–Kier alpha value is -2.27. The summed E-state index contributed by atoms with van der Waals surface area (Å²) in [6, 6.07) is 8.84. The Morgan fingerprint density at radius 1 is 1.33 bits per heavy atom. The molecule has 3 rings (SSSR count). The number of pyridine rings is 2. The van der Waals surface area contributed by atoms with E-state index >= 15 is 0 Å². The summed E-state index contributed by atoms with van der Waals surface area (Å²) in [5.41, 5.74) is 4.49. The molecule has 0 spiro atoms. The lowest BCUT2D eigenvalue weighted by Crippen LogP contribution is -2.23. The molecule has 0 radical (unpaired) electrons. The van der Waals surface area contributed by atoms with Gasteiger partial charge in [-0.2, -0.15) is 0 Å². The fourth-order valence-corrected chi connectivity index (χ4v) is 3.24. The Morgan fingerprint density at radius 3 is 2.96 bits per heavy atom. The molecule has 1 aliphatic rings. The molecule has 0 bridgehead atoms. The summed E-state index contributed by atoms with van der Waals surface area (Å²) >= 11 is 0. The molecule has 0 unspecified atom stereocenters. The maximum absolute atomic E-state index is 11.1. The van der Waals surface area contributed by atoms with E-state index in [-0.39, 0.29) is 5.91 Å². The van der Waals surface area contributed by atoms with Crippen LogP contribution in [0.25, 0.3) is 0 Å². The van der Waals surface area contributed by atoms with Crippen LogP contribution in [0.15, 0.2) is 36.7 Å². The first-order valence-electron chi connectivity index (χ1n) is 8.46. The molecule has 0 aromatic carbocycles. The summed E-state index contributed by atoms with van der Waals surface area (Å²) in [4.78, 5) is 22.3. The highest BCUT2D eigenvalue weighted by atomic mass is 16.1. The highest BCUT2D eigenvalue weighted by molar-refractivity contribution is 5.72. The molecule has 1 amide bonds. The van der Waals surface area contributed by atoms with Gasteiger partial charge in [-0.25, -0.2) is 0 Å². The summed E-state index contributed by atoms with van der Waals surface area (Å²) < 4.78 is 0. The number of amides is 1. The molecular formula is C19H24N4O.